The fourth-order valence-electron chi connectivity index (χ4n) is 2.65. The number of nitrogens with zero attached hydrogens (tertiary/aromatic N) is 3. The molecule has 0 bridgehead atoms. The van der Waals surface area contributed by atoms with E-state index in [4.69, 9.17) is 4.99 Å². The van der Waals surface area contributed by atoms with Gasteiger partial charge in [-0.1, -0.05) is 44.2 Å². The molecule has 0 atom stereocenters. The van der Waals surface area contributed by atoms with Gasteiger partial charge in [-0.2, -0.15) is 0 Å². The van der Waals surface area contributed by atoms with Crippen molar-refractivity contribution in [3.8, 4) is 0 Å². The quantitative estimate of drug-likeness (QED) is 0.443. The van der Waals surface area contributed by atoms with Crippen LogP contribution in [0.5, 0.6) is 0 Å². The first kappa shape index (κ1) is 20.2. The van der Waals surface area contributed by atoms with Gasteiger partial charge in [-0.05, 0) is 18.4 Å². The molecule has 1 saturated heterocycles. The Labute approximate surface area is 158 Å². The van der Waals surface area contributed by atoms with E-state index in [-0.39, 0.29) is 24.0 Å². The van der Waals surface area contributed by atoms with Crippen molar-refractivity contribution in [3.63, 3.8) is 0 Å². The van der Waals surface area contributed by atoms with Crippen molar-refractivity contribution in [1.82, 2.24) is 15.1 Å². The number of halogens is 1. The number of nitrogens with one attached hydrogen (secondary N) is 1. The van der Waals surface area contributed by atoms with Gasteiger partial charge in [-0.15, -0.1) is 24.0 Å². The zero-order valence-corrected chi connectivity index (χ0v) is 17.0. The van der Waals surface area contributed by atoms with Crippen LogP contribution in [-0.4, -0.2) is 55.0 Å². The molecule has 0 aliphatic carbocycles. The maximum Gasteiger partial charge on any atom is 0.194 e. The molecule has 2 rings (SSSR count). The van der Waals surface area contributed by atoms with Gasteiger partial charge in [0.25, 0.3) is 0 Å². The zero-order valence-electron chi connectivity index (χ0n) is 14.7. The molecule has 1 heterocycles. The summed E-state index contributed by atoms with van der Waals surface area (Å²) >= 11 is 0. The minimum Gasteiger partial charge on any atom is -0.357 e. The lowest BCUT2D eigenvalue weighted by molar-refractivity contribution is 0.172. The summed E-state index contributed by atoms with van der Waals surface area (Å²) in [6, 6.07) is 10.7. The largest absolute Gasteiger partial charge is 0.357 e. The van der Waals surface area contributed by atoms with Crippen molar-refractivity contribution in [2.75, 3.05) is 39.3 Å². The van der Waals surface area contributed by atoms with E-state index < -0.39 is 0 Å². The van der Waals surface area contributed by atoms with Gasteiger partial charge in [0.15, 0.2) is 5.96 Å². The molecule has 5 heteroatoms. The van der Waals surface area contributed by atoms with Crippen LogP contribution in [-0.2, 0) is 6.54 Å². The Balaban J connectivity index is 0.00000264. The van der Waals surface area contributed by atoms with Crippen molar-refractivity contribution in [1.29, 1.82) is 0 Å². The molecule has 0 aromatic heterocycles. The third kappa shape index (κ3) is 7.08. The molecule has 0 unspecified atom stereocenters. The maximum atomic E-state index is 4.76. The Hall–Kier alpha value is -0.820. The topological polar surface area (TPSA) is 30.9 Å². The molecule has 1 aliphatic heterocycles. The van der Waals surface area contributed by atoms with Crippen molar-refractivity contribution < 1.29 is 0 Å². The monoisotopic (exact) mass is 430 g/mol. The van der Waals surface area contributed by atoms with E-state index in [0.29, 0.717) is 5.92 Å². The number of rotatable bonds is 5. The first-order valence-electron chi connectivity index (χ1n) is 8.48. The summed E-state index contributed by atoms with van der Waals surface area (Å²) in [5, 5.41) is 3.43. The van der Waals surface area contributed by atoms with Gasteiger partial charge in [-0.25, -0.2) is 0 Å². The van der Waals surface area contributed by atoms with E-state index in [1.807, 2.05) is 0 Å². The van der Waals surface area contributed by atoms with Crippen LogP contribution in [0.25, 0.3) is 0 Å². The van der Waals surface area contributed by atoms with Gasteiger partial charge >= 0.3 is 0 Å². The summed E-state index contributed by atoms with van der Waals surface area (Å²) in [7, 11) is 0. The number of hydrogen-bond acceptors (Lipinski definition) is 2. The Morgan fingerprint density at radius 1 is 1.13 bits per heavy atom. The maximum absolute atomic E-state index is 4.76. The van der Waals surface area contributed by atoms with E-state index in [0.717, 1.165) is 51.8 Å². The van der Waals surface area contributed by atoms with Crippen LogP contribution < -0.4 is 5.32 Å². The van der Waals surface area contributed by atoms with Gasteiger partial charge in [0, 0.05) is 45.8 Å². The molecule has 1 fully saturated rings. The van der Waals surface area contributed by atoms with Gasteiger partial charge in [0.1, 0.15) is 0 Å². The van der Waals surface area contributed by atoms with E-state index in [9.17, 15) is 0 Å². The summed E-state index contributed by atoms with van der Waals surface area (Å²) in [5.41, 5.74) is 1.40. The predicted molar refractivity (Wildman–Crippen MR) is 110 cm³/mol. The van der Waals surface area contributed by atoms with Gasteiger partial charge in [0.2, 0.25) is 0 Å². The summed E-state index contributed by atoms with van der Waals surface area (Å²) < 4.78 is 0. The van der Waals surface area contributed by atoms with Crippen LogP contribution in [0.2, 0.25) is 0 Å². The second-order valence-corrected chi connectivity index (χ2v) is 6.34. The SMILES string of the molecule is CCNC(=NCC(C)C)N1CCN(Cc2ccccc2)CC1.I. The first-order chi connectivity index (χ1) is 10.7. The normalized spacial score (nSPS) is 16.3. The van der Waals surface area contributed by atoms with Crippen LogP contribution in [0, 0.1) is 5.92 Å². The zero-order chi connectivity index (χ0) is 15.8. The molecule has 1 aromatic rings. The Kier molecular flexibility index (Phi) is 9.55. The molecule has 0 radical (unpaired) electrons. The fourth-order valence-corrected chi connectivity index (χ4v) is 2.65. The molecule has 4 nitrogen and oxygen atoms in total. The standard InChI is InChI=1S/C18H30N4.HI/c1-4-19-18(20-14-16(2)3)22-12-10-21(11-13-22)15-17-8-6-5-7-9-17;/h5-9,16H,4,10-15H2,1-3H3,(H,19,20);1H. The Morgan fingerprint density at radius 2 is 1.78 bits per heavy atom. The predicted octanol–water partition coefficient (Wildman–Crippen LogP) is 3.04. The van der Waals surface area contributed by atoms with Gasteiger partial charge < -0.3 is 10.2 Å². The number of benzene rings is 1. The van der Waals surface area contributed by atoms with Gasteiger partial charge in [0.05, 0.1) is 0 Å². The number of guanidine groups is 1. The summed E-state index contributed by atoms with van der Waals surface area (Å²) in [4.78, 5) is 9.68. The molecule has 130 valence electrons. The van der Waals surface area contributed by atoms with Crippen LogP contribution in [0.1, 0.15) is 26.3 Å². The average Bonchev–Trinajstić information content (AvgIpc) is 2.53. The van der Waals surface area contributed by atoms with Crippen molar-refractivity contribution in [3.05, 3.63) is 35.9 Å². The van der Waals surface area contributed by atoms with Crippen LogP contribution in [0.3, 0.4) is 0 Å². The number of aliphatic imine (C=N–C) groups is 1. The third-order valence-corrected chi connectivity index (χ3v) is 3.86. The highest BCUT2D eigenvalue weighted by Crippen LogP contribution is 2.09. The lowest BCUT2D eigenvalue weighted by Gasteiger charge is -2.36. The molecular weight excluding hydrogens is 399 g/mol. The second kappa shape index (κ2) is 10.9. The van der Waals surface area contributed by atoms with E-state index in [1.165, 1.54) is 5.56 Å². The number of hydrogen-bond donors (Lipinski definition) is 1. The van der Waals surface area contributed by atoms with Crippen molar-refractivity contribution >= 4 is 29.9 Å². The highest BCUT2D eigenvalue weighted by molar-refractivity contribution is 14.0. The smallest absolute Gasteiger partial charge is 0.194 e. The second-order valence-electron chi connectivity index (χ2n) is 6.34. The Bertz CT molecular complexity index is 453. The minimum atomic E-state index is 0. The first-order valence-corrected chi connectivity index (χ1v) is 8.48. The van der Waals surface area contributed by atoms with Crippen molar-refractivity contribution in [2.45, 2.75) is 27.3 Å². The highest BCUT2D eigenvalue weighted by atomic mass is 127. The van der Waals surface area contributed by atoms with E-state index in [1.54, 1.807) is 0 Å². The highest BCUT2D eigenvalue weighted by Gasteiger charge is 2.19. The van der Waals surface area contributed by atoms with E-state index in [2.05, 4.69) is 66.2 Å². The molecule has 1 aliphatic rings. The number of piperazine rings is 1. The molecule has 0 spiro atoms. The molecule has 0 amide bonds. The molecule has 23 heavy (non-hydrogen) atoms. The van der Waals surface area contributed by atoms with Gasteiger partial charge in [-0.3, -0.25) is 9.89 Å². The molecular formula is C18H31IN4. The van der Waals surface area contributed by atoms with Crippen LogP contribution >= 0.6 is 24.0 Å². The summed E-state index contributed by atoms with van der Waals surface area (Å²) in [6.07, 6.45) is 0. The molecule has 1 N–H and O–H groups in total. The van der Waals surface area contributed by atoms with Crippen LogP contribution in [0.4, 0.5) is 0 Å². The van der Waals surface area contributed by atoms with Crippen LogP contribution in [0.15, 0.2) is 35.3 Å². The van der Waals surface area contributed by atoms with E-state index >= 15 is 0 Å². The van der Waals surface area contributed by atoms with Crippen molar-refractivity contribution in [2.24, 2.45) is 10.9 Å². The average molecular weight is 430 g/mol. The Morgan fingerprint density at radius 3 is 2.35 bits per heavy atom. The molecule has 0 saturated carbocycles. The summed E-state index contributed by atoms with van der Waals surface area (Å²) in [6.45, 7) is 13.7. The lowest BCUT2D eigenvalue weighted by atomic mass is 10.2. The fraction of sp³-hybridized carbons (Fsp3) is 0.611. The molecule has 1 aromatic carbocycles. The minimum absolute atomic E-state index is 0. The summed E-state index contributed by atoms with van der Waals surface area (Å²) in [5.74, 6) is 1.68. The lowest BCUT2D eigenvalue weighted by Crippen LogP contribution is -2.52. The third-order valence-electron chi connectivity index (χ3n) is 3.86.